The second-order valence-electron chi connectivity index (χ2n) is 7.24. The fourth-order valence-corrected chi connectivity index (χ4v) is 3.65. The summed E-state index contributed by atoms with van der Waals surface area (Å²) >= 11 is 10.9. The average Bonchev–Trinajstić information content (AvgIpc) is 3.44. The number of carbonyl (C=O) groups excluding carboxylic acids is 1. The van der Waals surface area contributed by atoms with Gasteiger partial charge in [0.1, 0.15) is 11.6 Å². The number of thiocarbonyl (C=S) groups is 1. The van der Waals surface area contributed by atoms with Crippen molar-refractivity contribution in [1.82, 2.24) is 25.9 Å². The predicted octanol–water partition coefficient (Wildman–Crippen LogP) is 4.10. The Kier molecular flexibility index (Phi) is 6.47. The summed E-state index contributed by atoms with van der Waals surface area (Å²) in [7, 11) is 0. The van der Waals surface area contributed by atoms with Crippen molar-refractivity contribution in [2.75, 3.05) is 5.32 Å². The number of amides is 1. The summed E-state index contributed by atoms with van der Waals surface area (Å²) in [5.41, 5.74) is 5.23. The molecule has 3 heterocycles. The Bertz CT molecular complexity index is 1130. The molecule has 13 heteroatoms. The van der Waals surface area contributed by atoms with Crippen LogP contribution in [0.1, 0.15) is 40.3 Å². The van der Waals surface area contributed by atoms with E-state index < -0.39 is 24.2 Å². The van der Waals surface area contributed by atoms with E-state index in [1.807, 2.05) is 0 Å². The maximum absolute atomic E-state index is 13.8. The number of hydrogen-bond donors (Lipinski definition) is 4. The second kappa shape index (κ2) is 9.32. The lowest BCUT2D eigenvalue weighted by Gasteiger charge is -2.33. The number of halogens is 4. The number of aromatic nitrogens is 2. The molecule has 0 saturated carbocycles. The molecular formula is C20H18ClF3N6O2S. The smallest absolute Gasteiger partial charge is 0.410 e. The van der Waals surface area contributed by atoms with Gasteiger partial charge < -0.3 is 15.1 Å². The standard InChI is InChI=1S/C20H18ClF3N6O2S/c21-12-5-3-11(4-6-12)14-8-16(20(22,23)24)30-17(26-14)9-15(29-30)18(31)27-28-19(33)25-10-13-2-1-7-32-13/h1-7,9,14,16,26H,8,10H2,(H,27,31)(H2,25,28,33). The molecule has 8 nitrogen and oxygen atoms in total. The normalized spacial score (nSPS) is 17.6. The van der Waals surface area contributed by atoms with Gasteiger partial charge in [-0.25, -0.2) is 4.68 Å². The zero-order valence-corrected chi connectivity index (χ0v) is 18.4. The number of benzene rings is 1. The molecule has 0 radical (unpaired) electrons. The van der Waals surface area contributed by atoms with Crippen LogP contribution >= 0.6 is 23.8 Å². The number of anilines is 1. The minimum absolute atomic E-state index is 0.0761. The van der Waals surface area contributed by atoms with Crippen LogP contribution in [-0.2, 0) is 6.54 Å². The summed E-state index contributed by atoms with van der Waals surface area (Å²) in [6.07, 6.45) is -3.34. The molecule has 0 bridgehead atoms. The van der Waals surface area contributed by atoms with Crippen molar-refractivity contribution in [3.05, 3.63) is 70.8 Å². The van der Waals surface area contributed by atoms with Crippen molar-refractivity contribution < 1.29 is 22.4 Å². The summed E-state index contributed by atoms with van der Waals surface area (Å²) in [6.45, 7) is 0.288. The van der Waals surface area contributed by atoms with E-state index in [9.17, 15) is 18.0 Å². The molecule has 0 fully saturated rings. The molecule has 4 rings (SSSR count). The number of hydrogen-bond acceptors (Lipinski definition) is 5. The number of rotatable bonds is 4. The van der Waals surface area contributed by atoms with Gasteiger partial charge in [-0.3, -0.25) is 15.6 Å². The van der Waals surface area contributed by atoms with Crippen molar-refractivity contribution in [3.8, 4) is 0 Å². The quantitative estimate of drug-likeness (QED) is 0.318. The van der Waals surface area contributed by atoms with E-state index in [4.69, 9.17) is 28.2 Å². The Morgan fingerprint density at radius 3 is 2.70 bits per heavy atom. The van der Waals surface area contributed by atoms with Crippen molar-refractivity contribution in [2.45, 2.75) is 31.2 Å². The van der Waals surface area contributed by atoms with Gasteiger partial charge >= 0.3 is 6.18 Å². The van der Waals surface area contributed by atoms with Crippen LogP contribution in [0, 0.1) is 0 Å². The van der Waals surface area contributed by atoms with Gasteiger partial charge in [0.05, 0.1) is 18.8 Å². The molecule has 174 valence electrons. The zero-order chi connectivity index (χ0) is 23.6. The molecule has 0 saturated heterocycles. The lowest BCUT2D eigenvalue weighted by Crippen LogP contribution is -2.46. The highest BCUT2D eigenvalue weighted by molar-refractivity contribution is 7.80. The average molecular weight is 499 g/mol. The van der Waals surface area contributed by atoms with Crippen molar-refractivity contribution >= 4 is 40.7 Å². The van der Waals surface area contributed by atoms with Gasteiger partial charge in [-0.15, -0.1) is 0 Å². The number of nitrogens with one attached hydrogen (secondary N) is 4. The molecule has 4 N–H and O–H groups in total. The van der Waals surface area contributed by atoms with Crippen molar-refractivity contribution in [2.24, 2.45) is 0 Å². The molecule has 1 aliphatic heterocycles. The first-order valence-corrected chi connectivity index (χ1v) is 10.5. The summed E-state index contributed by atoms with van der Waals surface area (Å²) in [5.74, 6) is -0.0382. The lowest BCUT2D eigenvalue weighted by molar-refractivity contribution is -0.173. The molecule has 33 heavy (non-hydrogen) atoms. The zero-order valence-electron chi connectivity index (χ0n) is 16.8. The Hall–Kier alpha value is -3.25. The van der Waals surface area contributed by atoms with Gasteiger partial charge in [-0.1, -0.05) is 23.7 Å². The van der Waals surface area contributed by atoms with Crippen LogP contribution < -0.4 is 21.5 Å². The van der Waals surface area contributed by atoms with Crippen LogP contribution in [0.25, 0.3) is 0 Å². The van der Waals surface area contributed by atoms with Crippen LogP contribution in [0.15, 0.2) is 53.1 Å². The molecular weight excluding hydrogens is 481 g/mol. The number of alkyl halides is 3. The van der Waals surface area contributed by atoms with E-state index >= 15 is 0 Å². The maximum atomic E-state index is 13.8. The molecule has 3 aromatic rings. The Morgan fingerprint density at radius 1 is 1.27 bits per heavy atom. The first kappa shape index (κ1) is 22.9. The maximum Gasteiger partial charge on any atom is 0.410 e. The fraction of sp³-hybridized carbons (Fsp3) is 0.250. The van der Waals surface area contributed by atoms with Crippen LogP contribution in [0.2, 0.25) is 5.02 Å². The number of hydrazine groups is 1. The SMILES string of the molecule is O=C(NNC(=S)NCc1ccco1)c1cc2n(n1)C(C(F)(F)F)CC(c1ccc(Cl)cc1)N2. The number of carbonyl (C=O) groups is 1. The first-order valence-electron chi connectivity index (χ1n) is 9.75. The third-order valence-electron chi connectivity index (χ3n) is 4.99. The van der Waals surface area contributed by atoms with E-state index in [2.05, 4.69) is 26.6 Å². The number of furan rings is 1. The molecule has 1 amide bonds. The fourth-order valence-electron chi connectivity index (χ4n) is 3.40. The van der Waals surface area contributed by atoms with Crippen LogP contribution in [0.4, 0.5) is 19.0 Å². The van der Waals surface area contributed by atoms with Crippen LogP contribution in [0.5, 0.6) is 0 Å². The first-order chi connectivity index (χ1) is 15.7. The second-order valence-corrected chi connectivity index (χ2v) is 8.09. The summed E-state index contributed by atoms with van der Waals surface area (Å²) in [4.78, 5) is 12.5. The number of fused-ring (bicyclic) bond motifs is 1. The van der Waals surface area contributed by atoms with Crippen LogP contribution in [-0.4, -0.2) is 27.0 Å². The third-order valence-corrected chi connectivity index (χ3v) is 5.49. The monoisotopic (exact) mass is 498 g/mol. The van der Waals surface area contributed by atoms with Gasteiger partial charge in [0, 0.05) is 17.5 Å². The highest BCUT2D eigenvalue weighted by Crippen LogP contribution is 2.43. The van der Waals surface area contributed by atoms with Crippen molar-refractivity contribution in [3.63, 3.8) is 0 Å². The molecule has 2 atom stereocenters. The van der Waals surface area contributed by atoms with Crippen molar-refractivity contribution in [1.29, 1.82) is 0 Å². The minimum Gasteiger partial charge on any atom is -0.467 e. The topological polar surface area (TPSA) is 96.2 Å². The molecule has 1 aliphatic rings. The van der Waals surface area contributed by atoms with E-state index in [0.29, 0.717) is 16.3 Å². The van der Waals surface area contributed by atoms with E-state index in [1.165, 1.54) is 12.3 Å². The van der Waals surface area contributed by atoms with Gasteiger partial charge in [-0.2, -0.15) is 18.3 Å². The Morgan fingerprint density at radius 2 is 2.03 bits per heavy atom. The molecule has 1 aromatic carbocycles. The molecule has 0 aliphatic carbocycles. The largest absolute Gasteiger partial charge is 0.467 e. The Labute approximate surface area is 196 Å². The molecule has 2 unspecified atom stereocenters. The molecule has 2 aromatic heterocycles. The highest BCUT2D eigenvalue weighted by Gasteiger charge is 2.46. The minimum atomic E-state index is -4.56. The number of nitrogens with zero attached hydrogens (tertiary/aromatic N) is 2. The van der Waals surface area contributed by atoms with Gasteiger partial charge in [-0.05, 0) is 42.0 Å². The van der Waals surface area contributed by atoms with Gasteiger partial charge in [0.25, 0.3) is 5.91 Å². The molecule has 0 spiro atoms. The highest BCUT2D eigenvalue weighted by atomic mass is 35.5. The summed E-state index contributed by atoms with van der Waals surface area (Å²) in [5, 5.41) is 10.3. The van der Waals surface area contributed by atoms with E-state index in [0.717, 1.165) is 4.68 Å². The third kappa shape index (κ3) is 5.40. The van der Waals surface area contributed by atoms with Gasteiger partial charge in [0.15, 0.2) is 16.8 Å². The lowest BCUT2D eigenvalue weighted by atomic mass is 9.97. The van der Waals surface area contributed by atoms with Gasteiger partial charge in [0.2, 0.25) is 0 Å². The van der Waals surface area contributed by atoms with E-state index in [1.54, 1.807) is 36.4 Å². The van der Waals surface area contributed by atoms with Crippen LogP contribution in [0.3, 0.4) is 0 Å². The Balaban J connectivity index is 1.45. The predicted molar refractivity (Wildman–Crippen MR) is 118 cm³/mol. The summed E-state index contributed by atoms with van der Waals surface area (Å²) < 4.78 is 47.3. The summed E-state index contributed by atoms with van der Waals surface area (Å²) in [6, 6.07) is 8.73. The van der Waals surface area contributed by atoms with E-state index in [-0.39, 0.29) is 29.6 Å².